The first-order chi connectivity index (χ1) is 16.4. The van der Waals surface area contributed by atoms with Gasteiger partial charge in [0.05, 0.1) is 11.3 Å². The summed E-state index contributed by atoms with van der Waals surface area (Å²) in [5.74, 6) is -4.24. The van der Waals surface area contributed by atoms with Crippen molar-refractivity contribution in [3.8, 4) is 0 Å². The van der Waals surface area contributed by atoms with E-state index in [1.807, 2.05) is 16.7 Å². The van der Waals surface area contributed by atoms with Crippen LogP contribution in [0.25, 0.3) is 0 Å². The zero-order valence-electron chi connectivity index (χ0n) is 19.1. The highest BCUT2D eigenvalue weighted by atomic mass is 35.5. The van der Waals surface area contributed by atoms with Crippen molar-refractivity contribution in [2.24, 2.45) is 0 Å². The van der Waals surface area contributed by atoms with Crippen molar-refractivity contribution in [2.45, 2.75) is 42.0 Å². The summed E-state index contributed by atoms with van der Waals surface area (Å²) in [4.78, 5) is 5.70. The number of likely N-dealkylation sites (N-methyl/N-ethyl adjacent to an activating group) is 1. The van der Waals surface area contributed by atoms with Crippen LogP contribution in [0.4, 0.5) is 29.1 Å². The number of rotatable bonds is 8. The highest BCUT2D eigenvalue weighted by Crippen LogP contribution is 2.39. The van der Waals surface area contributed by atoms with Gasteiger partial charge in [-0.1, -0.05) is 17.7 Å². The third-order valence-electron chi connectivity index (χ3n) is 6.63. The molecule has 1 aliphatic heterocycles. The summed E-state index contributed by atoms with van der Waals surface area (Å²) in [6.45, 7) is 1.08. The molecule has 0 radical (unpaired) electrons. The van der Waals surface area contributed by atoms with Crippen LogP contribution in [0.2, 0.25) is 5.02 Å². The molecule has 1 N–H and O–H groups in total. The van der Waals surface area contributed by atoms with E-state index >= 15 is 4.39 Å². The van der Waals surface area contributed by atoms with Crippen molar-refractivity contribution in [1.82, 2.24) is 9.88 Å². The highest BCUT2D eigenvalue weighted by Gasteiger charge is 2.43. The molecule has 2 aromatic rings. The van der Waals surface area contributed by atoms with Crippen molar-refractivity contribution in [3.63, 3.8) is 0 Å². The molecule has 2 aliphatic rings. The number of nitrogens with one attached hydrogen (secondary N) is 1. The van der Waals surface area contributed by atoms with E-state index < -0.39 is 55.1 Å². The molecular formula is C22H25ClF4N4O3S. The van der Waals surface area contributed by atoms with Crippen LogP contribution in [0.3, 0.4) is 0 Å². The van der Waals surface area contributed by atoms with E-state index in [0.717, 1.165) is 18.2 Å². The van der Waals surface area contributed by atoms with Gasteiger partial charge in [-0.05, 0) is 38.4 Å². The molecule has 1 unspecified atom stereocenters. The van der Waals surface area contributed by atoms with Gasteiger partial charge < -0.3 is 14.5 Å². The Bertz CT molecular complexity index is 1220. The van der Waals surface area contributed by atoms with E-state index in [1.165, 1.54) is 6.07 Å². The molecule has 4 rings (SSSR count). The Morgan fingerprint density at radius 3 is 2.66 bits per heavy atom. The molecule has 1 aliphatic carbocycles. The number of sulfonamides is 1. The van der Waals surface area contributed by atoms with Crippen molar-refractivity contribution in [1.29, 1.82) is 0 Å². The Morgan fingerprint density at radius 2 is 2.03 bits per heavy atom. The van der Waals surface area contributed by atoms with Crippen LogP contribution in [-0.4, -0.2) is 69.9 Å². The minimum atomic E-state index is -4.80. The van der Waals surface area contributed by atoms with E-state index in [9.17, 15) is 21.6 Å². The van der Waals surface area contributed by atoms with Gasteiger partial charge in [0.2, 0.25) is 5.95 Å². The molecule has 1 atom stereocenters. The number of pyridine rings is 1. The van der Waals surface area contributed by atoms with Crippen molar-refractivity contribution in [2.75, 3.05) is 43.4 Å². The predicted octanol–water partition coefficient (Wildman–Crippen LogP) is 3.98. The number of halogens is 5. The van der Waals surface area contributed by atoms with Gasteiger partial charge in [0.25, 0.3) is 10.0 Å². The number of alkyl halides is 1. The SMILES string of the molecule is COC1(CN(C)C2CC(F)C2)CCN(c2cc(F)c(S(=O)(=O)Nc3cccc(F)n3)c(F)c2Cl)C1. The topological polar surface area (TPSA) is 74.8 Å². The largest absolute Gasteiger partial charge is 0.375 e. The summed E-state index contributed by atoms with van der Waals surface area (Å²) < 4.78 is 89.6. The van der Waals surface area contributed by atoms with Crippen molar-refractivity contribution in [3.05, 3.63) is 46.9 Å². The third kappa shape index (κ3) is 5.20. The molecule has 35 heavy (non-hydrogen) atoms. The standard InChI is InChI=1S/C22H25ClF4N4O3S/c1-30(14-8-13(24)9-14)11-22(34-2)6-7-31(12-22)16-10-15(25)21(20(27)19(16)23)35(32,33)29-18-5-3-4-17(26)28-18/h3-5,10,13-14H,6-9,11-12H2,1-2H3,(H,28,29). The van der Waals surface area contributed by atoms with Gasteiger partial charge >= 0.3 is 0 Å². The molecule has 192 valence electrons. The van der Waals surface area contributed by atoms with Crippen LogP contribution >= 0.6 is 11.6 Å². The molecule has 0 amide bonds. The molecule has 13 heteroatoms. The highest BCUT2D eigenvalue weighted by molar-refractivity contribution is 7.92. The second-order valence-corrected chi connectivity index (χ2v) is 11.0. The second-order valence-electron chi connectivity index (χ2n) is 8.98. The van der Waals surface area contributed by atoms with Crippen LogP contribution in [0.15, 0.2) is 29.2 Å². The Labute approximate surface area is 206 Å². The summed E-state index contributed by atoms with van der Waals surface area (Å²) in [6, 6.07) is 4.27. The molecule has 1 aromatic heterocycles. The van der Waals surface area contributed by atoms with Crippen LogP contribution in [0.1, 0.15) is 19.3 Å². The number of ether oxygens (including phenoxy) is 1. The summed E-state index contributed by atoms with van der Waals surface area (Å²) in [7, 11) is -1.38. The molecule has 0 spiro atoms. The van der Waals surface area contributed by atoms with Gasteiger partial charge in [-0.3, -0.25) is 4.72 Å². The molecule has 2 fully saturated rings. The molecule has 2 heterocycles. The van der Waals surface area contributed by atoms with E-state index in [0.29, 0.717) is 32.4 Å². The van der Waals surface area contributed by atoms with Gasteiger partial charge in [0, 0.05) is 38.9 Å². The lowest BCUT2D eigenvalue weighted by Gasteiger charge is -2.41. The van der Waals surface area contributed by atoms with E-state index in [-0.39, 0.29) is 18.3 Å². The zero-order chi connectivity index (χ0) is 25.5. The molecule has 1 saturated carbocycles. The lowest BCUT2D eigenvalue weighted by atomic mass is 9.88. The fourth-order valence-electron chi connectivity index (χ4n) is 4.57. The van der Waals surface area contributed by atoms with Gasteiger partial charge in [0.15, 0.2) is 10.7 Å². The predicted molar refractivity (Wildman–Crippen MR) is 123 cm³/mol. The van der Waals surface area contributed by atoms with Crippen molar-refractivity contribution >= 4 is 33.1 Å². The average Bonchev–Trinajstić information content (AvgIpc) is 3.17. The maximum atomic E-state index is 15.1. The first-order valence-corrected chi connectivity index (χ1v) is 12.8. The number of nitrogens with zero attached hydrogens (tertiary/aromatic N) is 3. The van der Waals surface area contributed by atoms with Crippen molar-refractivity contribution < 1.29 is 30.7 Å². The molecule has 7 nitrogen and oxygen atoms in total. The number of methoxy groups -OCH3 is 1. The smallest absolute Gasteiger partial charge is 0.268 e. The van der Waals surface area contributed by atoms with Gasteiger partial charge in [-0.15, -0.1) is 0 Å². The summed E-state index contributed by atoms with van der Waals surface area (Å²) in [5.41, 5.74) is -0.694. The van der Waals surface area contributed by atoms with E-state index in [2.05, 4.69) is 4.98 Å². The maximum Gasteiger partial charge on any atom is 0.268 e. The molecular weight excluding hydrogens is 512 g/mol. The fourth-order valence-corrected chi connectivity index (χ4v) is 6.04. The molecule has 0 bridgehead atoms. The van der Waals surface area contributed by atoms with Gasteiger partial charge in [-0.2, -0.15) is 4.39 Å². The van der Waals surface area contributed by atoms with Crippen LogP contribution in [0.5, 0.6) is 0 Å². The van der Waals surface area contributed by atoms with Gasteiger partial charge in [0.1, 0.15) is 22.8 Å². The first kappa shape index (κ1) is 25.9. The number of aromatic nitrogens is 1. The lowest BCUT2D eigenvalue weighted by molar-refractivity contribution is -0.0397. The lowest BCUT2D eigenvalue weighted by Crippen LogP contribution is -2.52. The monoisotopic (exact) mass is 536 g/mol. The second kappa shape index (κ2) is 9.72. The summed E-state index contributed by atoms with van der Waals surface area (Å²) in [5, 5.41) is -0.571. The number of hydrogen-bond donors (Lipinski definition) is 1. The normalized spacial score (nSPS) is 24.6. The van der Waals surface area contributed by atoms with E-state index in [1.54, 1.807) is 12.0 Å². The molecule has 1 aromatic carbocycles. The first-order valence-electron chi connectivity index (χ1n) is 10.9. The molecule has 1 saturated heterocycles. The minimum absolute atomic E-state index is 0.0152. The summed E-state index contributed by atoms with van der Waals surface area (Å²) in [6.07, 6.45) is 0.632. The Morgan fingerprint density at radius 1 is 1.31 bits per heavy atom. The Balaban J connectivity index is 1.56. The van der Waals surface area contributed by atoms with E-state index in [4.69, 9.17) is 16.3 Å². The minimum Gasteiger partial charge on any atom is -0.375 e. The van der Waals surface area contributed by atoms with Crippen LogP contribution < -0.4 is 9.62 Å². The third-order valence-corrected chi connectivity index (χ3v) is 8.38. The van der Waals surface area contributed by atoms with Crippen LogP contribution in [-0.2, 0) is 14.8 Å². The number of benzene rings is 1. The fraction of sp³-hybridized carbons (Fsp3) is 0.500. The Hall–Kier alpha value is -2.15. The van der Waals surface area contributed by atoms with Crippen LogP contribution in [0, 0.1) is 17.6 Å². The van der Waals surface area contributed by atoms with Gasteiger partial charge in [-0.25, -0.2) is 26.6 Å². The number of anilines is 2. The quantitative estimate of drug-likeness (QED) is 0.312. The maximum absolute atomic E-state index is 15.1. The number of hydrogen-bond acceptors (Lipinski definition) is 6. The zero-order valence-corrected chi connectivity index (χ0v) is 20.6. The summed E-state index contributed by atoms with van der Waals surface area (Å²) >= 11 is 6.18. The average molecular weight is 537 g/mol. The Kier molecular flexibility index (Phi) is 7.20.